The summed E-state index contributed by atoms with van der Waals surface area (Å²) in [6.07, 6.45) is 24.6. The van der Waals surface area contributed by atoms with Gasteiger partial charge in [0.2, 0.25) is 0 Å². The second kappa shape index (κ2) is 14.2. The maximum atomic E-state index is 5.71. The average molecular weight is 427 g/mol. The quantitative estimate of drug-likeness (QED) is 0.285. The van der Waals surface area contributed by atoms with Crippen molar-refractivity contribution in [2.24, 2.45) is 23.7 Å². The predicted octanol–water partition coefficient (Wildman–Crippen LogP) is 9.38. The second-order valence-electron chi connectivity index (χ2n) is 10.8. The van der Waals surface area contributed by atoms with Gasteiger partial charge < -0.3 is 4.74 Å². The molecule has 1 heteroatoms. The standard InChI is InChI=1S/C30H50O/c1-3-5-6-7-8-9-25-12-18-28(19-13-25)29-20-14-26(15-21-29)10-11-27-16-22-30(23-17-27)31-24-4-2/h16-17,22-23,25-26,28-29H,3-15,18-21,24H2,1-2H3/t25-,26-,28-,29-. The Kier molecular flexibility index (Phi) is 11.3. The van der Waals surface area contributed by atoms with Crippen LogP contribution in [0.3, 0.4) is 0 Å². The van der Waals surface area contributed by atoms with Gasteiger partial charge >= 0.3 is 0 Å². The van der Waals surface area contributed by atoms with Gasteiger partial charge in [-0.25, -0.2) is 0 Å². The molecular weight excluding hydrogens is 376 g/mol. The van der Waals surface area contributed by atoms with Gasteiger partial charge in [0.05, 0.1) is 6.61 Å². The van der Waals surface area contributed by atoms with Crippen molar-refractivity contribution in [3.63, 3.8) is 0 Å². The van der Waals surface area contributed by atoms with Gasteiger partial charge in [0, 0.05) is 0 Å². The highest BCUT2D eigenvalue weighted by Gasteiger charge is 2.30. The van der Waals surface area contributed by atoms with Crippen LogP contribution in [0, 0.1) is 23.7 Å². The maximum Gasteiger partial charge on any atom is 0.119 e. The van der Waals surface area contributed by atoms with E-state index in [2.05, 4.69) is 38.1 Å². The Morgan fingerprint density at radius 2 is 1.23 bits per heavy atom. The molecule has 2 fully saturated rings. The van der Waals surface area contributed by atoms with Crippen LogP contribution < -0.4 is 4.74 Å². The van der Waals surface area contributed by atoms with E-state index in [4.69, 9.17) is 4.74 Å². The minimum atomic E-state index is 0.823. The topological polar surface area (TPSA) is 9.23 Å². The van der Waals surface area contributed by atoms with Crippen molar-refractivity contribution in [2.45, 2.75) is 123 Å². The first kappa shape index (κ1) is 24.7. The van der Waals surface area contributed by atoms with Gasteiger partial charge in [-0.05, 0) is 86.3 Å². The molecule has 0 amide bonds. The zero-order valence-corrected chi connectivity index (χ0v) is 20.8. The second-order valence-corrected chi connectivity index (χ2v) is 10.8. The van der Waals surface area contributed by atoms with Crippen molar-refractivity contribution in [1.29, 1.82) is 0 Å². The normalized spacial score (nSPS) is 26.6. The van der Waals surface area contributed by atoms with E-state index in [-0.39, 0.29) is 0 Å². The molecule has 3 rings (SSSR count). The van der Waals surface area contributed by atoms with E-state index < -0.39 is 0 Å². The summed E-state index contributed by atoms with van der Waals surface area (Å²) in [6.45, 7) is 5.30. The molecule has 0 unspecified atom stereocenters. The fourth-order valence-electron chi connectivity index (χ4n) is 6.28. The largest absolute Gasteiger partial charge is 0.494 e. The van der Waals surface area contributed by atoms with Crippen LogP contribution in [0.25, 0.3) is 0 Å². The summed E-state index contributed by atoms with van der Waals surface area (Å²) in [4.78, 5) is 0. The predicted molar refractivity (Wildman–Crippen MR) is 135 cm³/mol. The average Bonchev–Trinajstić information content (AvgIpc) is 2.83. The molecule has 1 nitrogen and oxygen atoms in total. The van der Waals surface area contributed by atoms with Crippen molar-refractivity contribution < 1.29 is 4.74 Å². The van der Waals surface area contributed by atoms with E-state index in [1.165, 1.54) is 95.5 Å². The molecule has 0 atom stereocenters. The minimum absolute atomic E-state index is 0.823. The third-order valence-corrected chi connectivity index (χ3v) is 8.40. The molecule has 0 saturated heterocycles. The van der Waals surface area contributed by atoms with E-state index in [9.17, 15) is 0 Å². The Bertz CT molecular complexity index is 561. The van der Waals surface area contributed by atoms with Gasteiger partial charge in [0.25, 0.3) is 0 Å². The lowest BCUT2D eigenvalue weighted by Gasteiger charge is -2.38. The molecule has 176 valence electrons. The molecule has 0 heterocycles. The van der Waals surface area contributed by atoms with Crippen LogP contribution in [-0.2, 0) is 6.42 Å². The minimum Gasteiger partial charge on any atom is -0.494 e. The zero-order valence-electron chi connectivity index (χ0n) is 20.8. The van der Waals surface area contributed by atoms with Gasteiger partial charge in [-0.15, -0.1) is 0 Å². The molecule has 0 radical (unpaired) electrons. The Morgan fingerprint density at radius 1 is 0.645 bits per heavy atom. The van der Waals surface area contributed by atoms with Crippen molar-refractivity contribution in [3.8, 4) is 5.75 Å². The number of benzene rings is 1. The van der Waals surface area contributed by atoms with Crippen molar-refractivity contribution in [2.75, 3.05) is 6.61 Å². The molecule has 0 spiro atoms. The number of aryl methyl sites for hydroxylation is 1. The summed E-state index contributed by atoms with van der Waals surface area (Å²) in [5.41, 5.74) is 1.49. The van der Waals surface area contributed by atoms with E-state index in [1.807, 2.05) is 0 Å². The lowest BCUT2D eigenvalue weighted by atomic mass is 9.68. The fourth-order valence-corrected chi connectivity index (χ4v) is 6.28. The van der Waals surface area contributed by atoms with Crippen LogP contribution in [0.1, 0.15) is 122 Å². The highest BCUT2D eigenvalue weighted by Crippen LogP contribution is 2.43. The van der Waals surface area contributed by atoms with Crippen molar-refractivity contribution in [1.82, 2.24) is 0 Å². The molecule has 31 heavy (non-hydrogen) atoms. The highest BCUT2D eigenvalue weighted by atomic mass is 16.5. The summed E-state index contributed by atoms with van der Waals surface area (Å²) in [7, 11) is 0. The SMILES string of the molecule is CCCCCCC[C@H]1CC[C@H]([C@H]2CC[C@H](CCc3ccc(OCCC)cc3)CC2)CC1. The van der Waals surface area contributed by atoms with Gasteiger partial charge in [-0.2, -0.15) is 0 Å². The first-order valence-corrected chi connectivity index (χ1v) is 14.0. The lowest BCUT2D eigenvalue weighted by Crippen LogP contribution is -2.26. The highest BCUT2D eigenvalue weighted by molar-refractivity contribution is 5.27. The summed E-state index contributed by atoms with van der Waals surface area (Å²) in [5, 5.41) is 0. The summed E-state index contributed by atoms with van der Waals surface area (Å²) >= 11 is 0. The summed E-state index contributed by atoms with van der Waals surface area (Å²) < 4.78 is 5.71. The van der Waals surface area contributed by atoms with Crippen LogP contribution in [0.2, 0.25) is 0 Å². The monoisotopic (exact) mass is 426 g/mol. The van der Waals surface area contributed by atoms with Gasteiger partial charge in [0.15, 0.2) is 0 Å². The number of ether oxygens (including phenoxy) is 1. The Morgan fingerprint density at radius 3 is 1.81 bits per heavy atom. The summed E-state index contributed by atoms with van der Waals surface area (Å²) in [5.74, 6) is 5.17. The van der Waals surface area contributed by atoms with E-state index in [0.717, 1.165) is 42.4 Å². The first-order chi connectivity index (χ1) is 15.3. The van der Waals surface area contributed by atoms with Crippen LogP contribution >= 0.6 is 0 Å². The van der Waals surface area contributed by atoms with Gasteiger partial charge in [-0.3, -0.25) is 0 Å². The van der Waals surface area contributed by atoms with Crippen LogP contribution in [0.4, 0.5) is 0 Å². The maximum absolute atomic E-state index is 5.71. The third kappa shape index (κ3) is 8.82. The van der Waals surface area contributed by atoms with E-state index in [1.54, 1.807) is 12.8 Å². The van der Waals surface area contributed by atoms with Crippen molar-refractivity contribution >= 4 is 0 Å². The van der Waals surface area contributed by atoms with E-state index >= 15 is 0 Å². The molecular formula is C30H50O. The Hall–Kier alpha value is -0.980. The van der Waals surface area contributed by atoms with Crippen LogP contribution in [0.15, 0.2) is 24.3 Å². The zero-order chi connectivity index (χ0) is 21.7. The van der Waals surface area contributed by atoms with Crippen molar-refractivity contribution in [3.05, 3.63) is 29.8 Å². The molecule has 2 aliphatic carbocycles. The molecule has 0 bridgehead atoms. The molecule has 1 aromatic carbocycles. The molecule has 2 saturated carbocycles. The Balaban J connectivity index is 1.27. The molecule has 1 aromatic rings. The number of hydrogen-bond acceptors (Lipinski definition) is 1. The molecule has 2 aliphatic rings. The van der Waals surface area contributed by atoms with Crippen LogP contribution in [-0.4, -0.2) is 6.61 Å². The molecule has 0 N–H and O–H groups in total. The number of rotatable bonds is 13. The first-order valence-electron chi connectivity index (χ1n) is 14.0. The van der Waals surface area contributed by atoms with E-state index in [0.29, 0.717) is 0 Å². The third-order valence-electron chi connectivity index (χ3n) is 8.40. The lowest BCUT2D eigenvalue weighted by molar-refractivity contribution is 0.140. The summed E-state index contributed by atoms with van der Waals surface area (Å²) in [6, 6.07) is 8.87. The fraction of sp³-hybridized carbons (Fsp3) is 0.800. The smallest absolute Gasteiger partial charge is 0.119 e. The number of unbranched alkanes of at least 4 members (excludes halogenated alkanes) is 4. The van der Waals surface area contributed by atoms with Gasteiger partial charge in [0.1, 0.15) is 5.75 Å². The van der Waals surface area contributed by atoms with Crippen LogP contribution in [0.5, 0.6) is 5.75 Å². The number of hydrogen-bond donors (Lipinski definition) is 0. The Labute approximate surface area is 193 Å². The molecule has 0 aromatic heterocycles. The molecule has 0 aliphatic heterocycles. The van der Waals surface area contributed by atoms with Gasteiger partial charge in [-0.1, -0.05) is 90.2 Å².